The van der Waals surface area contributed by atoms with E-state index in [0.29, 0.717) is 16.6 Å². The van der Waals surface area contributed by atoms with E-state index in [4.69, 9.17) is 16.1 Å². The summed E-state index contributed by atoms with van der Waals surface area (Å²) in [6.45, 7) is 2.46. The van der Waals surface area contributed by atoms with Crippen molar-refractivity contribution in [1.29, 1.82) is 0 Å². The molecule has 0 amide bonds. The van der Waals surface area contributed by atoms with Crippen molar-refractivity contribution in [1.82, 2.24) is 14.8 Å². The number of nitrogens with one attached hydrogen (secondary N) is 1. The zero-order chi connectivity index (χ0) is 29.8. The Hall–Kier alpha value is -2.22. The number of halogens is 2. The minimum absolute atomic E-state index is 0.00167. The monoisotopic (exact) mass is 622 g/mol. The van der Waals surface area contributed by atoms with Gasteiger partial charge in [0, 0.05) is 12.7 Å². The summed E-state index contributed by atoms with van der Waals surface area (Å²) in [4.78, 5) is 23.5. The zero-order valence-corrected chi connectivity index (χ0v) is 24.2. The lowest BCUT2D eigenvalue weighted by Crippen LogP contribution is -2.37. The van der Waals surface area contributed by atoms with Crippen molar-refractivity contribution in [2.24, 2.45) is 0 Å². The van der Waals surface area contributed by atoms with Crippen LogP contribution in [0, 0.1) is 5.82 Å². The Kier molecular flexibility index (Phi) is 10.6. The lowest BCUT2D eigenvalue weighted by molar-refractivity contribution is -0.0845. The normalized spacial score (nSPS) is 18.5. The first kappa shape index (κ1) is 32.3. The summed E-state index contributed by atoms with van der Waals surface area (Å²) < 4.78 is 48.1. The van der Waals surface area contributed by atoms with Gasteiger partial charge in [-0.15, -0.1) is 0 Å². The topological polar surface area (TPSA) is 196 Å². The molecule has 2 unspecified atom stereocenters. The van der Waals surface area contributed by atoms with Crippen molar-refractivity contribution in [2.45, 2.75) is 38.3 Å². The largest absolute Gasteiger partial charge is 0.386 e. The number of fused-ring (bicyclic) bond motifs is 1. The molecule has 0 aliphatic rings. The highest BCUT2D eigenvalue weighted by atomic mass is 35.5. The van der Waals surface area contributed by atoms with Crippen LogP contribution in [-0.2, 0) is 18.2 Å². The molecule has 0 spiro atoms. The van der Waals surface area contributed by atoms with Crippen molar-refractivity contribution in [2.75, 3.05) is 24.9 Å². The fourth-order valence-corrected chi connectivity index (χ4v) is 6.94. The Morgan fingerprint density at radius 2 is 1.90 bits per heavy atom. The van der Waals surface area contributed by atoms with Crippen molar-refractivity contribution in [3.05, 3.63) is 64.7 Å². The van der Waals surface area contributed by atoms with Crippen LogP contribution in [0.5, 0.6) is 0 Å². The highest BCUT2D eigenvalue weighted by molar-refractivity contribution is 7.70. The van der Waals surface area contributed by atoms with E-state index in [1.54, 1.807) is 25.1 Å². The first-order valence-electron chi connectivity index (χ1n) is 11.8. The molecule has 220 valence electrons. The maximum Gasteiger partial charge on any atom is 0.340 e. The van der Waals surface area contributed by atoms with Gasteiger partial charge in [-0.25, -0.2) is 14.1 Å². The van der Waals surface area contributed by atoms with Gasteiger partial charge >= 0.3 is 15.2 Å². The number of nitrogens with zero attached hydrogens (tertiary/aromatic N) is 3. The Morgan fingerprint density at radius 1 is 1.23 bits per heavy atom. The smallest absolute Gasteiger partial charge is 0.340 e. The predicted molar refractivity (Wildman–Crippen MR) is 145 cm³/mol. The lowest BCUT2D eigenvalue weighted by atomic mass is 10.0. The number of hydrogen-bond donors (Lipinski definition) is 6. The predicted octanol–water partition coefficient (Wildman–Crippen LogP) is 3.55. The first-order chi connectivity index (χ1) is 18.7. The SMILES string of the molecule is C/C=C(/COP(=O)(O)CP(=O)(O)OC)[C@@H](O)[C@@H](O)[C@@H](O)n1ncc2c(N[C@@H](C)c3ccccc3F)cc(Cl)nc21. The molecule has 0 aliphatic carbocycles. The maximum absolute atomic E-state index is 14.3. The Morgan fingerprint density at radius 3 is 2.52 bits per heavy atom. The van der Waals surface area contributed by atoms with E-state index in [2.05, 4.69) is 19.9 Å². The highest BCUT2D eigenvalue weighted by Gasteiger charge is 2.35. The van der Waals surface area contributed by atoms with E-state index in [-0.39, 0.29) is 16.4 Å². The second-order valence-corrected chi connectivity index (χ2v) is 13.5. The molecule has 0 bridgehead atoms. The Bertz CT molecular complexity index is 1470. The third-order valence-corrected chi connectivity index (χ3v) is 10.1. The standard InChI is InChI=1S/C23H30ClFN4O9P2/c1-4-14(11-38-40(35,36)12-39(33,34)37-3)20(30)21(31)23(32)29-22-16(10-26-29)18(9-19(24)28-22)27-13(2)15-7-5-6-8-17(15)25/h4-10,13,20-21,23,30-32H,11-12H2,1-3H3,(H,27,28)(H,33,34)(H,35,36)/b14-4-/t13-,20+,21+,23+/m0/s1. The summed E-state index contributed by atoms with van der Waals surface area (Å²) in [6, 6.07) is 7.21. The van der Waals surface area contributed by atoms with Crippen LogP contribution in [0.2, 0.25) is 5.15 Å². The molecule has 17 heteroatoms. The van der Waals surface area contributed by atoms with Crippen LogP contribution in [0.15, 0.2) is 48.2 Å². The summed E-state index contributed by atoms with van der Waals surface area (Å²) in [6.07, 6.45) is -3.02. The van der Waals surface area contributed by atoms with Crippen molar-refractivity contribution >= 4 is 43.5 Å². The molecule has 0 saturated carbocycles. The molecule has 13 nitrogen and oxygen atoms in total. The minimum Gasteiger partial charge on any atom is -0.386 e. The molecule has 3 aromatic rings. The number of allylic oxidation sites excluding steroid dienone is 1. The molecule has 0 aliphatic heterocycles. The maximum atomic E-state index is 14.3. The van der Waals surface area contributed by atoms with E-state index in [0.717, 1.165) is 11.8 Å². The van der Waals surface area contributed by atoms with Gasteiger partial charge in [0.25, 0.3) is 0 Å². The van der Waals surface area contributed by atoms with E-state index in [9.17, 15) is 38.6 Å². The van der Waals surface area contributed by atoms with Crippen LogP contribution in [0.25, 0.3) is 11.0 Å². The molecule has 2 aromatic heterocycles. The molecule has 0 saturated heterocycles. The fourth-order valence-electron chi connectivity index (χ4n) is 3.80. The van der Waals surface area contributed by atoms with E-state index < -0.39 is 58.0 Å². The fraction of sp³-hybridized carbons (Fsp3) is 0.391. The average Bonchev–Trinajstić information content (AvgIpc) is 3.31. The molecule has 2 heterocycles. The van der Waals surface area contributed by atoms with Gasteiger partial charge in [-0.2, -0.15) is 5.10 Å². The Balaban J connectivity index is 1.80. The van der Waals surface area contributed by atoms with Gasteiger partial charge in [-0.05, 0) is 31.6 Å². The van der Waals surface area contributed by atoms with Gasteiger partial charge in [0.15, 0.2) is 17.8 Å². The third-order valence-electron chi connectivity index (χ3n) is 5.99. The highest BCUT2D eigenvalue weighted by Crippen LogP contribution is 2.58. The molecule has 3 rings (SSSR count). The second kappa shape index (κ2) is 13.2. The van der Waals surface area contributed by atoms with Gasteiger partial charge < -0.3 is 39.5 Å². The molecule has 0 radical (unpaired) electrons. The Labute approximate surface area is 233 Å². The first-order valence-corrected chi connectivity index (χ1v) is 15.7. The van der Waals surface area contributed by atoms with Crippen molar-refractivity contribution in [3.63, 3.8) is 0 Å². The molecule has 6 N–H and O–H groups in total. The number of aromatic nitrogens is 3. The van der Waals surface area contributed by atoms with Crippen molar-refractivity contribution < 1.29 is 47.7 Å². The molecular weight excluding hydrogens is 593 g/mol. The quantitative estimate of drug-likeness (QED) is 0.0922. The van der Waals surface area contributed by atoms with Crippen molar-refractivity contribution in [3.8, 4) is 0 Å². The minimum atomic E-state index is -4.63. The summed E-state index contributed by atoms with van der Waals surface area (Å²) in [5, 5.41) is 39.8. The van der Waals surface area contributed by atoms with Gasteiger partial charge in [0.05, 0.1) is 29.9 Å². The van der Waals surface area contributed by atoms with Crippen LogP contribution in [0.4, 0.5) is 10.1 Å². The number of benzene rings is 1. The molecule has 40 heavy (non-hydrogen) atoms. The zero-order valence-electron chi connectivity index (χ0n) is 21.6. The summed E-state index contributed by atoms with van der Waals surface area (Å²) in [5.74, 6) is -1.60. The number of pyridine rings is 1. The van der Waals surface area contributed by atoms with Gasteiger partial charge in [0.2, 0.25) is 0 Å². The van der Waals surface area contributed by atoms with E-state index in [1.165, 1.54) is 31.3 Å². The van der Waals surface area contributed by atoms with Crippen LogP contribution in [0.3, 0.4) is 0 Å². The number of hydrogen-bond acceptors (Lipinski definition) is 10. The number of rotatable bonds is 13. The van der Waals surface area contributed by atoms with Gasteiger partial charge in [-0.1, -0.05) is 35.9 Å². The molecule has 1 aromatic carbocycles. The molecular formula is C23H30ClFN4O9P2. The number of anilines is 1. The van der Waals surface area contributed by atoms with E-state index in [1.807, 2.05) is 0 Å². The average molecular weight is 623 g/mol. The van der Waals surface area contributed by atoms with Crippen LogP contribution in [0.1, 0.15) is 31.7 Å². The third kappa shape index (κ3) is 7.74. The van der Waals surface area contributed by atoms with Gasteiger partial charge in [-0.3, -0.25) is 9.13 Å². The lowest BCUT2D eigenvalue weighted by Gasteiger charge is -2.26. The second-order valence-electron chi connectivity index (χ2n) is 8.79. The number of aliphatic hydroxyl groups is 3. The van der Waals surface area contributed by atoms with Crippen LogP contribution in [-0.4, -0.2) is 71.7 Å². The number of aliphatic hydroxyl groups excluding tert-OH is 3. The van der Waals surface area contributed by atoms with Gasteiger partial charge in [0.1, 0.15) is 23.2 Å². The summed E-state index contributed by atoms with van der Waals surface area (Å²) in [5.41, 5.74) is 0.727. The summed E-state index contributed by atoms with van der Waals surface area (Å²) in [7, 11) is -8.11. The van der Waals surface area contributed by atoms with E-state index >= 15 is 0 Å². The molecule has 6 atom stereocenters. The van der Waals surface area contributed by atoms with Crippen LogP contribution < -0.4 is 5.32 Å². The summed E-state index contributed by atoms with van der Waals surface area (Å²) >= 11 is 6.19. The van der Waals surface area contributed by atoms with Crippen LogP contribution >= 0.6 is 26.8 Å². The molecule has 0 fully saturated rings.